The van der Waals surface area contributed by atoms with E-state index < -0.39 is 10.0 Å². The van der Waals surface area contributed by atoms with Gasteiger partial charge in [-0.25, -0.2) is 13.4 Å². The highest BCUT2D eigenvalue weighted by molar-refractivity contribution is 7.93. The number of rotatable bonds is 3. The number of nitrogens with zero attached hydrogens (tertiary/aromatic N) is 2. The van der Waals surface area contributed by atoms with Crippen LogP contribution >= 0.6 is 11.5 Å². The lowest BCUT2D eigenvalue weighted by atomic mass is 10.1. The number of anilines is 2. The van der Waals surface area contributed by atoms with Gasteiger partial charge in [0, 0.05) is 22.6 Å². The van der Waals surface area contributed by atoms with Crippen LogP contribution in [-0.4, -0.2) is 17.8 Å². The van der Waals surface area contributed by atoms with Gasteiger partial charge in [0.25, 0.3) is 10.0 Å². The number of aryl methyl sites for hydroxylation is 1. The summed E-state index contributed by atoms with van der Waals surface area (Å²) in [5, 5.41) is 1.63. The molecule has 6 nitrogen and oxygen atoms in total. The van der Waals surface area contributed by atoms with Crippen LogP contribution in [0.4, 0.5) is 10.8 Å². The Bertz CT molecular complexity index is 919. The maximum atomic E-state index is 12.5. The van der Waals surface area contributed by atoms with Crippen molar-refractivity contribution >= 4 is 43.1 Å². The molecule has 2 aromatic carbocycles. The van der Waals surface area contributed by atoms with E-state index >= 15 is 0 Å². The average molecular weight is 320 g/mol. The summed E-state index contributed by atoms with van der Waals surface area (Å²) in [6.45, 7) is 1.70. The van der Waals surface area contributed by atoms with E-state index in [2.05, 4.69) is 14.1 Å². The first kappa shape index (κ1) is 13.8. The van der Waals surface area contributed by atoms with Crippen molar-refractivity contribution in [3.8, 4) is 0 Å². The Hall–Kier alpha value is -2.19. The summed E-state index contributed by atoms with van der Waals surface area (Å²) in [6, 6.07) is 10.2. The van der Waals surface area contributed by atoms with Crippen LogP contribution in [-0.2, 0) is 10.0 Å². The smallest absolute Gasteiger partial charge is 0.264 e. The van der Waals surface area contributed by atoms with Gasteiger partial charge < -0.3 is 5.73 Å². The second-order valence-electron chi connectivity index (χ2n) is 4.49. The predicted octanol–water partition coefficient (Wildman–Crippen LogP) is 2.38. The maximum absolute atomic E-state index is 12.5. The fraction of sp³-hybridized carbons (Fsp3) is 0.0769. The molecule has 1 aromatic heterocycles. The van der Waals surface area contributed by atoms with Gasteiger partial charge in [-0.2, -0.15) is 4.37 Å². The summed E-state index contributed by atoms with van der Waals surface area (Å²) < 4.78 is 31.4. The molecule has 3 N–H and O–H groups in total. The van der Waals surface area contributed by atoms with Crippen LogP contribution in [0, 0.1) is 6.92 Å². The van der Waals surface area contributed by atoms with E-state index in [4.69, 9.17) is 5.73 Å². The van der Waals surface area contributed by atoms with E-state index in [9.17, 15) is 8.42 Å². The molecule has 0 saturated heterocycles. The number of sulfonamides is 1. The van der Waals surface area contributed by atoms with Gasteiger partial charge >= 0.3 is 0 Å². The minimum absolute atomic E-state index is 0.188. The average Bonchev–Trinajstić information content (AvgIpc) is 2.82. The van der Waals surface area contributed by atoms with Crippen molar-refractivity contribution in [2.24, 2.45) is 0 Å². The molecule has 0 radical (unpaired) electrons. The first-order chi connectivity index (χ1) is 9.95. The fourth-order valence-electron chi connectivity index (χ4n) is 2.02. The van der Waals surface area contributed by atoms with E-state index in [-0.39, 0.29) is 10.0 Å². The molecule has 0 spiro atoms. The van der Waals surface area contributed by atoms with Crippen LogP contribution in [0.3, 0.4) is 0 Å². The minimum Gasteiger partial charge on any atom is -0.399 e. The minimum atomic E-state index is -3.72. The first-order valence-corrected chi connectivity index (χ1v) is 8.33. The highest BCUT2D eigenvalue weighted by Gasteiger charge is 2.19. The number of fused-ring (bicyclic) bond motifs is 1. The Morgan fingerprint density at radius 3 is 2.76 bits per heavy atom. The van der Waals surface area contributed by atoms with Gasteiger partial charge in [-0.05, 0) is 30.5 Å². The first-order valence-electron chi connectivity index (χ1n) is 6.07. The van der Waals surface area contributed by atoms with Crippen molar-refractivity contribution in [3.63, 3.8) is 0 Å². The Morgan fingerprint density at radius 2 is 2.05 bits per heavy atom. The monoisotopic (exact) mass is 320 g/mol. The van der Waals surface area contributed by atoms with Crippen LogP contribution in [0.15, 0.2) is 41.3 Å². The maximum Gasteiger partial charge on any atom is 0.264 e. The quantitative estimate of drug-likeness (QED) is 0.722. The molecule has 0 bridgehead atoms. The van der Waals surface area contributed by atoms with Crippen molar-refractivity contribution in [1.82, 2.24) is 9.36 Å². The summed E-state index contributed by atoms with van der Waals surface area (Å²) in [6.07, 6.45) is 0. The molecular formula is C13H12N4O2S2. The van der Waals surface area contributed by atoms with Gasteiger partial charge in [-0.15, -0.1) is 0 Å². The zero-order chi connectivity index (χ0) is 15.0. The molecule has 0 aliphatic rings. The van der Waals surface area contributed by atoms with E-state index in [1.165, 1.54) is 0 Å². The summed E-state index contributed by atoms with van der Waals surface area (Å²) in [4.78, 5) is 4.20. The zero-order valence-corrected chi connectivity index (χ0v) is 12.7. The highest BCUT2D eigenvalue weighted by atomic mass is 32.2. The lowest BCUT2D eigenvalue weighted by Crippen LogP contribution is -2.13. The summed E-state index contributed by atoms with van der Waals surface area (Å²) in [7, 11) is -3.72. The normalized spacial score (nSPS) is 11.7. The molecule has 3 rings (SSSR count). The summed E-state index contributed by atoms with van der Waals surface area (Å²) in [5.74, 6) is 0.531. The number of nitrogens with one attached hydrogen (secondary N) is 1. The second-order valence-corrected chi connectivity index (χ2v) is 6.89. The van der Waals surface area contributed by atoms with Gasteiger partial charge in [-0.3, -0.25) is 4.72 Å². The van der Waals surface area contributed by atoms with Gasteiger partial charge in [0.15, 0.2) is 0 Å². The van der Waals surface area contributed by atoms with Crippen molar-refractivity contribution in [2.45, 2.75) is 11.8 Å². The van der Waals surface area contributed by atoms with Crippen LogP contribution in [0.1, 0.15) is 5.82 Å². The van der Waals surface area contributed by atoms with Gasteiger partial charge in [0.2, 0.25) is 5.13 Å². The molecule has 108 valence electrons. The van der Waals surface area contributed by atoms with Gasteiger partial charge in [0.1, 0.15) is 5.82 Å². The lowest BCUT2D eigenvalue weighted by Gasteiger charge is -2.08. The highest BCUT2D eigenvalue weighted by Crippen LogP contribution is 2.26. The van der Waals surface area contributed by atoms with E-state index in [1.807, 2.05) is 6.07 Å². The fourth-order valence-corrected chi connectivity index (χ4v) is 4.04. The summed E-state index contributed by atoms with van der Waals surface area (Å²) >= 11 is 1.01. The van der Waals surface area contributed by atoms with Crippen LogP contribution < -0.4 is 10.5 Å². The molecular weight excluding hydrogens is 308 g/mol. The van der Waals surface area contributed by atoms with Crippen molar-refractivity contribution in [2.75, 3.05) is 10.5 Å². The molecule has 0 aliphatic heterocycles. The third-order valence-electron chi connectivity index (χ3n) is 2.90. The lowest BCUT2D eigenvalue weighted by molar-refractivity contribution is 0.602. The molecule has 0 fully saturated rings. The SMILES string of the molecule is Cc1nsc(NS(=O)(=O)c2cccc3cc(N)ccc23)n1. The molecule has 0 aliphatic carbocycles. The second kappa shape index (κ2) is 4.97. The number of nitrogens with two attached hydrogens (primary N) is 1. The third-order valence-corrected chi connectivity index (χ3v) is 5.15. The largest absolute Gasteiger partial charge is 0.399 e. The van der Waals surface area contributed by atoms with Crippen LogP contribution in [0.5, 0.6) is 0 Å². The molecule has 3 aromatic rings. The number of benzene rings is 2. The van der Waals surface area contributed by atoms with Crippen molar-refractivity contribution < 1.29 is 8.42 Å². The Kier molecular flexibility index (Phi) is 3.26. The topological polar surface area (TPSA) is 98.0 Å². The van der Waals surface area contributed by atoms with Crippen LogP contribution in [0.2, 0.25) is 0 Å². The van der Waals surface area contributed by atoms with Crippen molar-refractivity contribution in [1.29, 1.82) is 0 Å². The van der Waals surface area contributed by atoms with Crippen molar-refractivity contribution in [3.05, 3.63) is 42.2 Å². The molecule has 0 saturated carbocycles. The van der Waals surface area contributed by atoms with E-state index in [1.54, 1.807) is 37.3 Å². The molecule has 0 atom stereocenters. The van der Waals surface area contributed by atoms with Crippen LogP contribution in [0.25, 0.3) is 10.8 Å². The van der Waals surface area contributed by atoms with E-state index in [0.717, 1.165) is 16.9 Å². The predicted molar refractivity (Wildman–Crippen MR) is 83.8 cm³/mol. The third kappa shape index (κ3) is 2.67. The molecule has 8 heteroatoms. The standard InChI is InChI=1S/C13H12N4O2S2/c1-8-15-13(20-16-8)17-21(18,19)12-4-2-3-9-7-10(14)5-6-11(9)12/h2-7H,14H2,1H3,(H,15,16,17). The molecule has 21 heavy (non-hydrogen) atoms. The molecule has 0 unspecified atom stereocenters. The number of nitrogen functional groups attached to an aromatic ring is 1. The van der Waals surface area contributed by atoms with Gasteiger partial charge in [-0.1, -0.05) is 18.2 Å². The Morgan fingerprint density at radius 1 is 1.24 bits per heavy atom. The van der Waals surface area contributed by atoms with E-state index in [0.29, 0.717) is 16.9 Å². The molecule has 0 amide bonds. The molecule has 1 heterocycles. The summed E-state index contributed by atoms with van der Waals surface area (Å²) in [5.41, 5.74) is 6.32. The zero-order valence-electron chi connectivity index (χ0n) is 11.1. The Balaban J connectivity index is 2.10. The number of hydrogen-bond acceptors (Lipinski definition) is 6. The Labute approximate surface area is 125 Å². The number of aromatic nitrogens is 2. The number of hydrogen-bond donors (Lipinski definition) is 2. The van der Waals surface area contributed by atoms with Gasteiger partial charge in [0.05, 0.1) is 4.90 Å².